The van der Waals surface area contributed by atoms with E-state index < -0.39 is 11.1 Å². The maximum absolute atomic E-state index is 11.7. The number of rotatable bonds is 6. The van der Waals surface area contributed by atoms with Crippen LogP contribution in [0.1, 0.15) is 5.56 Å². The van der Waals surface area contributed by atoms with Crippen LogP contribution in [0.15, 0.2) is 36.4 Å². The smallest absolute Gasteiger partial charge is 0.481 e. The number of nitro benzene ring substituents is 1. The first-order chi connectivity index (χ1) is 11.5. The van der Waals surface area contributed by atoms with Crippen LogP contribution in [0.2, 0.25) is 0 Å². The summed E-state index contributed by atoms with van der Waals surface area (Å²) < 4.78 is 19.9. The molecule has 1 aromatic carbocycles. The topological polar surface area (TPSA) is 110 Å². The molecule has 0 aliphatic rings. The average Bonchev–Trinajstić information content (AvgIpc) is 2.60. The molecule has 0 unspecified atom stereocenters. The second kappa shape index (κ2) is 7.77. The van der Waals surface area contributed by atoms with E-state index >= 15 is 0 Å². The van der Waals surface area contributed by atoms with Gasteiger partial charge in [0, 0.05) is 29.8 Å². The Balaban J connectivity index is 1.94. The van der Waals surface area contributed by atoms with E-state index in [0.29, 0.717) is 17.3 Å². The number of aromatic nitrogens is 1. The Morgan fingerprint density at radius 1 is 1.12 bits per heavy atom. The molecule has 2 aromatic rings. The van der Waals surface area contributed by atoms with Crippen molar-refractivity contribution >= 4 is 11.8 Å². The fraction of sp³-hybridized carbons (Fsp3) is 0.200. The highest BCUT2D eigenvalue weighted by Gasteiger charge is 2.11. The third-order valence-corrected chi connectivity index (χ3v) is 2.86. The first kappa shape index (κ1) is 17.0. The van der Waals surface area contributed by atoms with Gasteiger partial charge in [0.05, 0.1) is 19.1 Å². The maximum atomic E-state index is 11.7. The molecule has 0 atom stereocenters. The van der Waals surface area contributed by atoms with Crippen molar-refractivity contribution in [2.45, 2.75) is 6.61 Å². The zero-order valence-corrected chi connectivity index (χ0v) is 12.9. The first-order valence-corrected chi connectivity index (χ1v) is 6.70. The van der Waals surface area contributed by atoms with E-state index in [0.717, 1.165) is 0 Å². The molecule has 0 aliphatic heterocycles. The monoisotopic (exact) mass is 334 g/mol. The molecule has 1 heterocycles. The summed E-state index contributed by atoms with van der Waals surface area (Å²) in [5.74, 6) is 0.767. The number of hydrogen-bond donors (Lipinski definition) is 0. The van der Waals surface area contributed by atoms with E-state index in [1.807, 2.05) is 0 Å². The molecule has 0 saturated heterocycles. The number of carbonyl (C=O) groups excluding carboxylic acids is 1. The second-order valence-corrected chi connectivity index (χ2v) is 4.45. The highest BCUT2D eigenvalue weighted by Crippen LogP contribution is 2.20. The molecule has 9 heteroatoms. The van der Waals surface area contributed by atoms with Gasteiger partial charge >= 0.3 is 6.16 Å². The largest absolute Gasteiger partial charge is 0.514 e. The lowest BCUT2D eigenvalue weighted by Gasteiger charge is -2.08. The Labute approximate surface area is 136 Å². The van der Waals surface area contributed by atoms with Gasteiger partial charge in [0.1, 0.15) is 12.4 Å². The van der Waals surface area contributed by atoms with E-state index in [4.69, 9.17) is 18.9 Å². The Morgan fingerprint density at radius 3 is 2.21 bits per heavy atom. The fourth-order valence-electron chi connectivity index (χ4n) is 1.73. The fourth-order valence-corrected chi connectivity index (χ4v) is 1.73. The van der Waals surface area contributed by atoms with Crippen molar-refractivity contribution in [3.05, 3.63) is 52.1 Å². The van der Waals surface area contributed by atoms with E-state index in [2.05, 4.69) is 4.98 Å². The Morgan fingerprint density at radius 2 is 1.71 bits per heavy atom. The van der Waals surface area contributed by atoms with Crippen LogP contribution < -0.4 is 14.2 Å². The van der Waals surface area contributed by atoms with Gasteiger partial charge in [0.2, 0.25) is 11.8 Å². The molecule has 0 fully saturated rings. The van der Waals surface area contributed by atoms with Crippen molar-refractivity contribution in [3.63, 3.8) is 0 Å². The third-order valence-electron chi connectivity index (χ3n) is 2.86. The molecule has 2 rings (SSSR count). The lowest BCUT2D eigenvalue weighted by molar-refractivity contribution is -0.384. The Bertz CT molecular complexity index is 709. The van der Waals surface area contributed by atoms with Crippen LogP contribution in [-0.4, -0.2) is 30.3 Å². The zero-order chi connectivity index (χ0) is 17.5. The zero-order valence-electron chi connectivity index (χ0n) is 12.9. The molecule has 0 aliphatic carbocycles. The standard InChI is InChI=1S/C15H14N2O7/c1-21-13-7-10(8-14(16-13)22-2)9-23-15(18)24-12-5-3-11(4-6-12)17(19)20/h3-8H,9H2,1-2H3. The number of hydrogen-bond acceptors (Lipinski definition) is 8. The molecule has 0 N–H and O–H groups in total. The molecule has 0 radical (unpaired) electrons. The summed E-state index contributed by atoms with van der Waals surface area (Å²) in [6.07, 6.45) is -0.946. The molecule has 0 spiro atoms. The minimum Gasteiger partial charge on any atom is -0.481 e. The first-order valence-electron chi connectivity index (χ1n) is 6.70. The second-order valence-electron chi connectivity index (χ2n) is 4.45. The van der Waals surface area contributed by atoms with E-state index in [-0.39, 0.29) is 18.0 Å². The number of nitrogens with zero attached hydrogens (tertiary/aromatic N) is 2. The molecule has 0 saturated carbocycles. The van der Waals surface area contributed by atoms with Crippen molar-refractivity contribution in [2.75, 3.05) is 14.2 Å². The number of methoxy groups -OCH3 is 2. The van der Waals surface area contributed by atoms with Crippen molar-refractivity contribution in [1.82, 2.24) is 4.98 Å². The summed E-state index contributed by atoms with van der Waals surface area (Å²) in [5.41, 5.74) is 0.492. The SMILES string of the molecule is COc1cc(COC(=O)Oc2ccc([N+](=O)[O-])cc2)cc(OC)n1. The molecule has 0 amide bonds. The van der Waals surface area contributed by atoms with Gasteiger partial charge in [-0.25, -0.2) is 4.79 Å². The van der Waals surface area contributed by atoms with Gasteiger partial charge in [-0.05, 0) is 12.1 Å². The van der Waals surface area contributed by atoms with Gasteiger partial charge in [-0.15, -0.1) is 0 Å². The van der Waals surface area contributed by atoms with Gasteiger partial charge in [-0.1, -0.05) is 0 Å². The van der Waals surface area contributed by atoms with Crippen molar-refractivity contribution in [3.8, 4) is 17.5 Å². The predicted molar refractivity (Wildman–Crippen MR) is 81.3 cm³/mol. The van der Waals surface area contributed by atoms with E-state index in [1.165, 1.54) is 38.5 Å². The predicted octanol–water partition coefficient (Wildman–Crippen LogP) is 2.72. The minimum absolute atomic E-state index is 0.0823. The lowest BCUT2D eigenvalue weighted by atomic mass is 10.3. The van der Waals surface area contributed by atoms with Gasteiger partial charge in [0.15, 0.2) is 0 Å². The summed E-state index contributed by atoms with van der Waals surface area (Å²) in [7, 11) is 2.91. The minimum atomic E-state index is -0.946. The summed E-state index contributed by atoms with van der Waals surface area (Å²) >= 11 is 0. The normalized spacial score (nSPS) is 9.92. The van der Waals surface area contributed by atoms with Gasteiger partial charge < -0.3 is 18.9 Å². The quantitative estimate of drug-likeness (QED) is 0.343. The average molecular weight is 334 g/mol. The van der Waals surface area contributed by atoms with Crippen LogP contribution in [-0.2, 0) is 11.3 Å². The Kier molecular flexibility index (Phi) is 5.50. The molecule has 24 heavy (non-hydrogen) atoms. The van der Waals surface area contributed by atoms with Crippen LogP contribution in [0.3, 0.4) is 0 Å². The molecule has 9 nitrogen and oxygen atoms in total. The van der Waals surface area contributed by atoms with Gasteiger partial charge in [-0.2, -0.15) is 4.98 Å². The highest BCUT2D eigenvalue weighted by molar-refractivity contribution is 5.64. The van der Waals surface area contributed by atoms with Gasteiger partial charge in [0.25, 0.3) is 5.69 Å². The van der Waals surface area contributed by atoms with Crippen molar-refractivity contribution < 1.29 is 28.7 Å². The maximum Gasteiger partial charge on any atom is 0.514 e. The van der Waals surface area contributed by atoms with Crippen LogP contribution in [0.25, 0.3) is 0 Å². The van der Waals surface area contributed by atoms with E-state index in [1.54, 1.807) is 12.1 Å². The number of pyridine rings is 1. The van der Waals surface area contributed by atoms with Crippen molar-refractivity contribution in [1.29, 1.82) is 0 Å². The van der Waals surface area contributed by atoms with E-state index in [9.17, 15) is 14.9 Å². The van der Waals surface area contributed by atoms with Crippen LogP contribution in [0, 0.1) is 10.1 Å². The highest BCUT2D eigenvalue weighted by atomic mass is 16.7. The van der Waals surface area contributed by atoms with Crippen molar-refractivity contribution in [2.24, 2.45) is 0 Å². The summed E-state index contributed by atoms with van der Waals surface area (Å²) in [4.78, 5) is 25.7. The number of carbonyl (C=O) groups is 1. The summed E-state index contributed by atoms with van der Waals surface area (Å²) in [5, 5.41) is 10.5. The molecule has 0 bridgehead atoms. The molecular weight excluding hydrogens is 320 g/mol. The number of ether oxygens (including phenoxy) is 4. The Hall–Kier alpha value is -3.36. The number of nitro groups is 1. The lowest BCUT2D eigenvalue weighted by Crippen LogP contribution is -2.10. The third kappa shape index (κ3) is 4.57. The van der Waals surface area contributed by atoms with Gasteiger partial charge in [-0.3, -0.25) is 10.1 Å². The summed E-state index contributed by atoms with van der Waals surface area (Å²) in [6.45, 7) is -0.0823. The van der Waals surface area contributed by atoms with Crippen LogP contribution in [0.5, 0.6) is 17.5 Å². The number of benzene rings is 1. The molecular formula is C15H14N2O7. The molecule has 1 aromatic heterocycles. The van der Waals surface area contributed by atoms with Crippen LogP contribution >= 0.6 is 0 Å². The summed E-state index contributed by atoms with van der Waals surface area (Å²) in [6, 6.07) is 8.22. The molecule has 126 valence electrons. The number of non-ortho nitro benzene ring substituents is 1. The van der Waals surface area contributed by atoms with Crippen LogP contribution in [0.4, 0.5) is 10.5 Å².